The van der Waals surface area contributed by atoms with Gasteiger partial charge in [0, 0.05) is 11.1 Å². The molecular weight excluding hydrogens is 296 g/mol. The van der Waals surface area contributed by atoms with Crippen LogP contribution < -0.4 is 5.32 Å². The second-order valence-corrected chi connectivity index (χ2v) is 7.60. The van der Waals surface area contributed by atoms with E-state index in [1.807, 2.05) is 12.3 Å². The van der Waals surface area contributed by atoms with Crippen molar-refractivity contribution >= 4 is 35.0 Å². The van der Waals surface area contributed by atoms with Crippen LogP contribution in [0.4, 0.5) is 0 Å². The summed E-state index contributed by atoms with van der Waals surface area (Å²) in [5, 5.41) is 14.7. The Hall–Kier alpha value is -1.08. The van der Waals surface area contributed by atoms with Gasteiger partial charge in [-0.15, -0.1) is 23.1 Å². The van der Waals surface area contributed by atoms with E-state index in [2.05, 4.69) is 10.3 Å². The molecule has 1 amide bonds. The van der Waals surface area contributed by atoms with Crippen molar-refractivity contribution in [1.82, 2.24) is 10.3 Å². The molecule has 0 aromatic carbocycles. The molecule has 0 aliphatic heterocycles. The first-order valence-corrected chi connectivity index (χ1v) is 8.24. The third kappa shape index (κ3) is 5.50. The topological polar surface area (TPSA) is 79.3 Å². The molecule has 0 spiro atoms. The van der Waals surface area contributed by atoms with Gasteiger partial charge in [-0.3, -0.25) is 4.79 Å². The second kappa shape index (κ2) is 7.08. The molecule has 2 N–H and O–H groups in total. The van der Waals surface area contributed by atoms with Gasteiger partial charge in [-0.05, 0) is 12.3 Å². The van der Waals surface area contributed by atoms with Gasteiger partial charge in [0.05, 0.1) is 16.5 Å². The second-order valence-electron chi connectivity index (χ2n) is 5.56. The van der Waals surface area contributed by atoms with Gasteiger partial charge in [0.2, 0.25) is 5.91 Å². The number of hydrogen-bond acceptors (Lipinski definition) is 5. The highest BCUT2D eigenvalue weighted by Crippen LogP contribution is 2.20. The predicted octanol–water partition coefficient (Wildman–Crippen LogP) is 2.30. The summed E-state index contributed by atoms with van der Waals surface area (Å²) in [6.45, 7) is 7.30. The molecule has 0 saturated heterocycles. The van der Waals surface area contributed by atoms with Crippen LogP contribution in [0.3, 0.4) is 0 Å². The number of hydrogen-bond donors (Lipinski definition) is 2. The summed E-state index contributed by atoms with van der Waals surface area (Å²) in [7, 11) is 0. The lowest BCUT2D eigenvalue weighted by molar-refractivity contribution is -0.144. The fraction of sp³-hybridized carbons (Fsp3) is 0.615. The third-order valence-electron chi connectivity index (χ3n) is 2.57. The van der Waals surface area contributed by atoms with Crippen LogP contribution in [-0.2, 0) is 15.3 Å². The van der Waals surface area contributed by atoms with E-state index >= 15 is 0 Å². The van der Waals surface area contributed by atoms with E-state index in [0.717, 1.165) is 10.7 Å². The maximum Gasteiger partial charge on any atom is 0.326 e. The molecule has 0 saturated carbocycles. The molecule has 20 heavy (non-hydrogen) atoms. The Morgan fingerprint density at radius 2 is 2.15 bits per heavy atom. The van der Waals surface area contributed by atoms with E-state index in [0.29, 0.717) is 5.75 Å². The molecule has 112 valence electrons. The zero-order valence-corrected chi connectivity index (χ0v) is 13.7. The van der Waals surface area contributed by atoms with Gasteiger partial charge in [0.15, 0.2) is 0 Å². The molecule has 1 rings (SSSR count). The largest absolute Gasteiger partial charge is 0.480 e. The number of thioether (sulfide) groups is 1. The molecule has 0 radical (unpaired) electrons. The van der Waals surface area contributed by atoms with Crippen LogP contribution in [0, 0.1) is 12.3 Å². The molecule has 1 atom stereocenters. The first-order chi connectivity index (χ1) is 9.20. The van der Waals surface area contributed by atoms with E-state index in [1.54, 1.807) is 32.1 Å². The summed E-state index contributed by atoms with van der Waals surface area (Å²) in [5.74, 6) is -0.378. The number of carboxylic acid groups (broad SMARTS) is 1. The van der Waals surface area contributed by atoms with Crippen molar-refractivity contribution < 1.29 is 14.7 Å². The molecule has 0 aliphatic carbocycles. The number of aromatic nitrogens is 1. The van der Waals surface area contributed by atoms with Crippen LogP contribution in [0.2, 0.25) is 0 Å². The molecule has 1 aromatic heterocycles. The van der Waals surface area contributed by atoms with E-state index < -0.39 is 17.4 Å². The summed E-state index contributed by atoms with van der Waals surface area (Å²) in [6, 6.07) is -0.878. The van der Waals surface area contributed by atoms with Crippen LogP contribution in [0.5, 0.6) is 0 Å². The van der Waals surface area contributed by atoms with Crippen molar-refractivity contribution in [2.24, 2.45) is 5.41 Å². The lowest BCUT2D eigenvalue weighted by Crippen LogP contribution is -2.49. The highest BCUT2D eigenvalue weighted by atomic mass is 32.2. The number of thiazole rings is 1. The number of aliphatic carboxylic acids is 1. The van der Waals surface area contributed by atoms with Gasteiger partial charge in [-0.1, -0.05) is 20.8 Å². The maximum absolute atomic E-state index is 11.8. The Kier molecular flexibility index (Phi) is 6.01. The van der Waals surface area contributed by atoms with E-state index in [4.69, 9.17) is 5.11 Å². The monoisotopic (exact) mass is 316 g/mol. The number of amides is 1. The smallest absolute Gasteiger partial charge is 0.326 e. The number of rotatable bonds is 6. The van der Waals surface area contributed by atoms with Crippen LogP contribution >= 0.6 is 23.1 Å². The van der Waals surface area contributed by atoms with Gasteiger partial charge in [0.1, 0.15) is 6.04 Å². The first-order valence-electron chi connectivity index (χ1n) is 6.21. The van der Waals surface area contributed by atoms with Crippen LogP contribution in [0.15, 0.2) is 5.38 Å². The van der Waals surface area contributed by atoms with Gasteiger partial charge in [0.25, 0.3) is 0 Å². The number of aryl methyl sites for hydroxylation is 1. The van der Waals surface area contributed by atoms with Crippen molar-refractivity contribution in [2.75, 3.05) is 5.75 Å². The van der Waals surface area contributed by atoms with Gasteiger partial charge >= 0.3 is 5.97 Å². The predicted molar refractivity (Wildman–Crippen MR) is 82.0 cm³/mol. The standard InChI is InChI=1S/C13H20N2O3S2/c1-8-14-9(6-20-8)5-19-7-10(16)15-11(12(17)18)13(2,3)4/h6,11H,5,7H2,1-4H3,(H,15,16)(H,17,18)/t11-/m1/s1. The Balaban J connectivity index is 2.41. The number of carbonyl (C=O) groups excluding carboxylic acids is 1. The molecular formula is C13H20N2O3S2. The highest BCUT2D eigenvalue weighted by molar-refractivity contribution is 7.99. The number of carboxylic acids is 1. The SMILES string of the molecule is Cc1nc(CSCC(=O)N[C@H](C(=O)O)C(C)(C)C)cs1. The highest BCUT2D eigenvalue weighted by Gasteiger charge is 2.32. The zero-order chi connectivity index (χ0) is 15.3. The average molecular weight is 316 g/mol. The summed E-state index contributed by atoms with van der Waals surface area (Å²) in [6.07, 6.45) is 0. The molecule has 0 unspecified atom stereocenters. The number of nitrogens with one attached hydrogen (secondary N) is 1. The minimum Gasteiger partial charge on any atom is -0.480 e. The van der Waals surface area contributed by atoms with Gasteiger partial charge < -0.3 is 10.4 Å². The summed E-state index contributed by atoms with van der Waals surface area (Å²) in [4.78, 5) is 27.2. The minimum atomic E-state index is -1.01. The summed E-state index contributed by atoms with van der Waals surface area (Å²) < 4.78 is 0. The normalized spacial score (nSPS) is 13.0. The van der Waals surface area contributed by atoms with Gasteiger partial charge in [-0.25, -0.2) is 9.78 Å². The summed E-state index contributed by atoms with van der Waals surface area (Å²) in [5.41, 5.74) is 0.439. The molecule has 0 aliphatic rings. The molecule has 7 heteroatoms. The van der Waals surface area contributed by atoms with E-state index in [-0.39, 0.29) is 11.7 Å². The Morgan fingerprint density at radius 3 is 2.60 bits per heavy atom. The quantitative estimate of drug-likeness (QED) is 0.842. The molecule has 0 fully saturated rings. The summed E-state index contributed by atoms with van der Waals surface area (Å²) >= 11 is 3.01. The van der Waals surface area contributed by atoms with Crippen molar-refractivity contribution in [3.8, 4) is 0 Å². The Morgan fingerprint density at radius 1 is 1.50 bits per heavy atom. The number of carbonyl (C=O) groups is 2. The lowest BCUT2D eigenvalue weighted by Gasteiger charge is -2.27. The van der Waals surface area contributed by atoms with E-state index in [9.17, 15) is 9.59 Å². The first kappa shape index (κ1) is 17.0. The van der Waals surface area contributed by atoms with Crippen molar-refractivity contribution in [3.63, 3.8) is 0 Å². The van der Waals surface area contributed by atoms with Crippen molar-refractivity contribution in [1.29, 1.82) is 0 Å². The van der Waals surface area contributed by atoms with Crippen molar-refractivity contribution in [3.05, 3.63) is 16.1 Å². The minimum absolute atomic E-state index is 0.233. The molecule has 5 nitrogen and oxygen atoms in total. The third-order valence-corrected chi connectivity index (χ3v) is 4.36. The zero-order valence-electron chi connectivity index (χ0n) is 12.1. The van der Waals surface area contributed by atoms with Gasteiger partial charge in [-0.2, -0.15) is 0 Å². The fourth-order valence-electron chi connectivity index (χ4n) is 1.57. The molecule has 1 heterocycles. The van der Waals surface area contributed by atoms with Crippen LogP contribution in [-0.4, -0.2) is 33.8 Å². The number of nitrogens with zero attached hydrogens (tertiary/aromatic N) is 1. The lowest BCUT2D eigenvalue weighted by atomic mass is 9.87. The maximum atomic E-state index is 11.8. The Labute approximate surface area is 127 Å². The van der Waals surface area contributed by atoms with E-state index in [1.165, 1.54) is 11.8 Å². The fourth-order valence-corrected chi connectivity index (χ4v) is 3.02. The average Bonchev–Trinajstić information content (AvgIpc) is 2.70. The molecule has 1 aromatic rings. The van der Waals surface area contributed by atoms with Crippen molar-refractivity contribution in [2.45, 2.75) is 39.5 Å². The molecule has 0 bridgehead atoms. The van der Waals surface area contributed by atoms with Crippen LogP contribution in [0.25, 0.3) is 0 Å². The Bertz CT molecular complexity index is 480. The van der Waals surface area contributed by atoms with Crippen LogP contribution in [0.1, 0.15) is 31.5 Å².